The fourth-order valence-electron chi connectivity index (χ4n) is 9.20. The molecule has 0 spiro atoms. The molecule has 0 bridgehead atoms. The predicted molar refractivity (Wildman–Crippen MR) is 139 cm³/mol. The topological polar surface area (TPSA) is 168 Å². The van der Waals surface area contributed by atoms with Crippen LogP contribution in [0, 0.1) is 46.3 Å². The van der Waals surface area contributed by atoms with Gasteiger partial charge in [-0.15, -0.1) is 0 Å². The molecule has 4 aliphatic rings. The first kappa shape index (κ1) is 33.9. The second-order valence-corrected chi connectivity index (χ2v) is 14.9. The second kappa shape index (κ2) is 11.5. The number of allylic oxidation sites excluding steroid dienone is 1. The molecule has 1 unspecified atom stereocenters. The van der Waals surface area contributed by atoms with Gasteiger partial charge in [0, 0.05) is 17.8 Å². The molecule has 0 saturated heterocycles. The summed E-state index contributed by atoms with van der Waals surface area (Å²) in [6, 6.07) is 0. The van der Waals surface area contributed by atoms with E-state index in [9.17, 15) is 38.5 Å². The Morgan fingerprint density at radius 3 is 2.36 bits per heavy atom. The molecule has 9 nitrogen and oxygen atoms in total. The molecule has 0 aromatic rings. The van der Waals surface area contributed by atoms with E-state index in [4.69, 9.17) is 0 Å². The molecule has 0 aromatic carbocycles. The van der Waals surface area contributed by atoms with Crippen molar-refractivity contribution in [3.8, 4) is 0 Å². The summed E-state index contributed by atoms with van der Waals surface area (Å²) < 4.78 is 36.7. The van der Waals surface area contributed by atoms with Crippen LogP contribution >= 0.6 is 0 Å². The fourth-order valence-corrected chi connectivity index (χ4v) is 9.58. The molecule has 4 fully saturated rings. The Labute approximate surface area is 255 Å². The molecule has 13 atom stereocenters. The molecule has 4 aliphatic carbocycles. The molecule has 39 heavy (non-hydrogen) atoms. The quantitative estimate of drug-likeness (QED) is 0.111. The number of hydrogen-bond acceptors (Lipinski definition) is 9. The maximum Gasteiger partial charge on any atom is 1.00 e. The van der Waals surface area contributed by atoms with Crippen LogP contribution in [-0.2, 0) is 14.6 Å². The van der Waals surface area contributed by atoms with Crippen LogP contribution < -0.4 is 29.6 Å². The summed E-state index contributed by atoms with van der Waals surface area (Å²) in [4.78, 5) is 0. The molecule has 11 heteroatoms. The molecular formula is C28H47NaO9S. The zero-order valence-corrected chi connectivity index (χ0v) is 27.1. The summed E-state index contributed by atoms with van der Waals surface area (Å²) >= 11 is 0. The average molecular weight is 583 g/mol. The maximum absolute atomic E-state index is 11.6. The Morgan fingerprint density at radius 1 is 1.10 bits per heavy atom. The Balaban J connectivity index is 0.00000420. The van der Waals surface area contributed by atoms with Crippen LogP contribution in [0.4, 0.5) is 0 Å². The summed E-state index contributed by atoms with van der Waals surface area (Å²) in [6.07, 6.45) is 6.01. The summed E-state index contributed by atoms with van der Waals surface area (Å²) in [7, 11) is -4.90. The molecular weight excluding hydrogens is 535 g/mol. The van der Waals surface area contributed by atoms with E-state index in [-0.39, 0.29) is 71.0 Å². The van der Waals surface area contributed by atoms with E-state index in [0.717, 1.165) is 12.8 Å². The molecule has 0 aromatic heterocycles. The summed E-state index contributed by atoms with van der Waals surface area (Å²) in [6.45, 7) is 8.93. The van der Waals surface area contributed by atoms with Crippen molar-refractivity contribution in [2.45, 2.75) is 109 Å². The van der Waals surface area contributed by atoms with Gasteiger partial charge in [0.25, 0.3) is 0 Å². The standard InChI is InChI=1S/C28H48O9S.Na/c1-16(6-7-17(2)27(5,32)15-37-38(34,35)36)21-13-22(30)24-19-12-23(31)28(33)14-18(29)8-11-26(28,4)20(19)9-10-25(21,24)3;/h6-7,16-24,29-33H,8-15H2,1-5H3,(H,34,35,36);/q;+1/p-1/b7-6+;/t16-,17-,18+,19-,20?,21-,22+,23-,24-,25-,26-,27+,28+;/m1./s1. The zero-order valence-electron chi connectivity index (χ0n) is 24.3. The van der Waals surface area contributed by atoms with Crippen LogP contribution in [0.25, 0.3) is 0 Å². The average Bonchev–Trinajstić information content (AvgIpc) is 3.08. The van der Waals surface area contributed by atoms with Crippen LogP contribution in [-0.4, -0.2) is 74.6 Å². The first-order valence-electron chi connectivity index (χ1n) is 14.1. The van der Waals surface area contributed by atoms with Gasteiger partial charge in [-0.3, -0.25) is 4.18 Å². The second-order valence-electron chi connectivity index (χ2n) is 13.8. The van der Waals surface area contributed by atoms with E-state index in [1.165, 1.54) is 6.92 Å². The SMILES string of the molecule is C[C@H](/C=C/[C@@H](C)[C@@](C)(O)COS(=O)(=O)[O-])[C@H]1C[C@H](O)[C@H]2[C@@H]3C[C@@H](O)[C@@]4(O)C[C@@H](O)CC[C@]4(C)C3CC[C@@]21C.[Na+]. The van der Waals surface area contributed by atoms with Gasteiger partial charge in [0.05, 0.1) is 36.1 Å². The molecule has 220 valence electrons. The maximum atomic E-state index is 11.6. The van der Waals surface area contributed by atoms with Crippen LogP contribution in [0.15, 0.2) is 12.2 Å². The molecule has 0 heterocycles. The smallest absolute Gasteiger partial charge is 0.726 e. The van der Waals surface area contributed by atoms with E-state index in [1.807, 2.05) is 12.2 Å². The minimum atomic E-state index is -4.90. The van der Waals surface area contributed by atoms with Gasteiger partial charge >= 0.3 is 29.6 Å². The third-order valence-electron chi connectivity index (χ3n) is 11.7. The van der Waals surface area contributed by atoms with Crippen LogP contribution in [0.2, 0.25) is 0 Å². The van der Waals surface area contributed by atoms with Gasteiger partial charge in [-0.25, -0.2) is 8.42 Å². The van der Waals surface area contributed by atoms with E-state index in [1.54, 1.807) is 6.92 Å². The van der Waals surface area contributed by atoms with Crippen molar-refractivity contribution in [2.24, 2.45) is 46.3 Å². The molecule has 4 rings (SSSR count). The minimum absolute atomic E-state index is 0. The van der Waals surface area contributed by atoms with Crippen LogP contribution in [0.3, 0.4) is 0 Å². The van der Waals surface area contributed by atoms with Gasteiger partial charge in [-0.2, -0.15) is 0 Å². The number of aliphatic hydroxyl groups is 5. The van der Waals surface area contributed by atoms with Crippen molar-refractivity contribution in [1.82, 2.24) is 0 Å². The Bertz CT molecular complexity index is 1020. The third-order valence-corrected chi connectivity index (χ3v) is 12.1. The van der Waals surface area contributed by atoms with Crippen molar-refractivity contribution >= 4 is 10.4 Å². The number of aliphatic hydroxyl groups excluding tert-OH is 3. The Morgan fingerprint density at radius 2 is 1.74 bits per heavy atom. The summed E-state index contributed by atoms with van der Waals surface area (Å²) in [5.74, 6) is -0.0377. The van der Waals surface area contributed by atoms with Gasteiger partial charge in [-0.1, -0.05) is 39.8 Å². The van der Waals surface area contributed by atoms with Gasteiger partial charge in [0.2, 0.25) is 10.4 Å². The number of fused-ring (bicyclic) bond motifs is 5. The molecule has 0 radical (unpaired) electrons. The van der Waals surface area contributed by atoms with Gasteiger partial charge < -0.3 is 30.1 Å². The third kappa shape index (κ3) is 5.96. The van der Waals surface area contributed by atoms with Crippen LogP contribution in [0.5, 0.6) is 0 Å². The molecule has 0 amide bonds. The van der Waals surface area contributed by atoms with E-state index >= 15 is 0 Å². The van der Waals surface area contributed by atoms with Crippen molar-refractivity contribution in [3.05, 3.63) is 12.2 Å². The van der Waals surface area contributed by atoms with E-state index in [0.29, 0.717) is 25.7 Å². The van der Waals surface area contributed by atoms with Gasteiger partial charge in [0.15, 0.2) is 0 Å². The van der Waals surface area contributed by atoms with Gasteiger partial charge in [-0.05, 0) is 80.5 Å². The first-order chi connectivity index (χ1) is 17.4. The monoisotopic (exact) mass is 582 g/mol. The van der Waals surface area contributed by atoms with Crippen molar-refractivity contribution in [2.75, 3.05) is 6.61 Å². The van der Waals surface area contributed by atoms with E-state index in [2.05, 4.69) is 25.0 Å². The predicted octanol–water partition coefficient (Wildman–Crippen LogP) is -0.877. The molecule has 0 aliphatic heterocycles. The van der Waals surface area contributed by atoms with E-state index < -0.39 is 57.9 Å². The molecule has 4 saturated carbocycles. The minimum Gasteiger partial charge on any atom is -0.726 e. The van der Waals surface area contributed by atoms with Crippen molar-refractivity contribution < 1.29 is 72.2 Å². The first-order valence-corrected chi connectivity index (χ1v) is 15.5. The fraction of sp³-hybridized carbons (Fsp3) is 0.929. The Hall–Kier alpha value is 0.410. The van der Waals surface area contributed by atoms with Gasteiger partial charge in [0.1, 0.15) is 0 Å². The van der Waals surface area contributed by atoms with Crippen molar-refractivity contribution in [3.63, 3.8) is 0 Å². The Kier molecular flexibility index (Phi) is 9.99. The largest absolute Gasteiger partial charge is 1.00 e. The summed E-state index contributed by atoms with van der Waals surface area (Å²) in [5.41, 5.74) is -3.55. The normalized spacial score (nSPS) is 47.3. The molecule has 5 N–H and O–H groups in total. The van der Waals surface area contributed by atoms with Crippen molar-refractivity contribution in [1.29, 1.82) is 0 Å². The summed E-state index contributed by atoms with van der Waals surface area (Å²) in [5, 5.41) is 55.2. The van der Waals surface area contributed by atoms with Crippen LogP contribution in [0.1, 0.15) is 79.6 Å². The zero-order chi connectivity index (χ0) is 28.5. The number of hydrogen-bond donors (Lipinski definition) is 5. The number of rotatable bonds is 7.